The number of rotatable bonds is 5. The summed E-state index contributed by atoms with van der Waals surface area (Å²) in [7, 11) is 0. The maximum Gasteiger partial charge on any atom is 0.239 e. The van der Waals surface area contributed by atoms with Crippen LogP contribution in [0.5, 0.6) is 0 Å². The molecule has 2 N–H and O–H groups in total. The molecule has 0 saturated heterocycles. The highest BCUT2D eigenvalue weighted by molar-refractivity contribution is 6.10. The normalized spacial score (nSPS) is 12.7. The second-order valence-corrected chi connectivity index (χ2v) is 6.64. The lowest BCUT2D eigenvalue weighted by Crippen LogP contribution is -2.47. The van der Waals surface area contributed by atoms with Crippen LogP contribution >= 0.6 is 0 Å². The summed E-state index contributed by atoms with van der Waals surface area (Å²) in [5.41, 5.74) is 2.84. The van der Waals surface area contributed by atoms with E-state index in [0.717, 1.165) is 28.8 Å². The van der Waals surface area contributed by atoms with E-state index in [4.69, 9.17) is 0 Å². The molecule has 0 heterocycles. The van der Waals surface area contributed by atoms with Crippen LogP contribution in [0.4, 0.5) is 5.69 Å². The molecular weight excluding hydrogens is 276 g/mol. The SMILES string of the molecule is CCC(C)NC(=O)C(C)(C)C(=O)Nc1c(C)cc(C)cc1C. The summed E-state index contributed by atoms with van der Waals surface area (Å²) in [5.74, 6) is -0.537. The fourth-order valence-electron chi connectivity index (χ4n) is 2.26. The lowest BCUT2D eigenvalue weighted by molar-refractivity contribution is -0.138. The van der Waals surface area contributed by atoms with E-state index in [1.807, 2.05) is 46.8 Å². The summed E-state index contributed by atoms with van der Waals surface area (Å²) in [5, 5.41) is 5.79. The topological polar surface area (TPSA) is 58.2 Å². The standard InChI is InChI=1S/C18H28N2O2/c1-8-14(5)19-16(21)18(6,7)17(22)20-15-12(3)9-11(2)10-13(15)4/h9-10,14H,8H2,1-7H3,(H,19,21)(H,20,22). The quantitative estimate of drug-likeness (QED) is 0.818. The van der Waals surface area contributed by atoms with E-state index >= 15 is 0 Å². The molecule has 1 atom stereocenters. The van der Waals surface area contributed by atoms with Gasteiger partial charge in [0, 0.05) is 11.7 Å². The van der Waals surface area contributed by atoms with Gasteiger partial charge in [0.15, 0.2) is 0 Å². The number of carbonyl (C=O) groups excluding carboxylic acids is 2. The highest BCUT2D eigenvalue weighted by Gasteiger charge is 2.36. The number of hydrogen-bond donors (Lipinski definition) is 2. The predicted octanol–water partition coefficient (Wildman–Crippen LogP) is 3.49. The first-order valence-corrected chi connectivity index (χ1v) is 7.79. The Kier molecular flexibility index (Phi) is 5.75. The summed E-state index contributed by atoms with van der Waals surface area (Å²) in [6.45, 7) is 13.2. The third-order valence-electron chi connectivity index (χ3n) is 4.04. The van der Waals surface area contributed by atoms with Crippen LogP contribution in [-0.2, 0) is 9.59 Å². The Morgan fingerprint density at radius 2 is 1.59 bits per heavy atom. The van der Waals surface area contributed by atoms with Crippen molar-refractivity contribution in [3.63, 3.8) is 0 Å². The molecule has 0 aliphatic carbocycles. The van der Waals surface area contributed by atoms with Crippen molar-refractivity contribution in [3.8, 4) is 0 Å². The van der Waals surface area contributed by atoms with Gasteiger partial charge in [0.2, 0.25) is 11.8 Å². The van der Waals surface area contributed by atoms with Crippen molar-refractivity contribution in [2.45, 2.75) is 60.9 Å². The van der Waals surface area contributed by atoms with Crippen molar-refractivity contribution < 1.29 is 9.59 Å². The van der Waals surface area contributed by atoms with Crippen LogP contribution in [0.3, 0.4) is 0 Å². The molecule has 4 nitrogen and oxygen atoms in total. The number of hydrogen-bond acceptors (Lipinski definition) is 2. The van der Waals surface area contributed by atoms with E-state index in [0.29, 0.717) is 0 Å². The van der Waals surface area contributed by atoms with Gasteiger partial charge in [-0.15, -0.1) is 0 Å². The van der Waals surface area contributed by atoms with Gasteiger partial charge in [0.1, 0.15) is 5.41 Å². The van der Waals surface area contributed by atoms with Crippen LogP contribution in [0.2, 0.25) is 0 Å². The van der Waals surface area contributed by atoms with E-state index in [2.05, 4.69) is 10.6 Å². The fraction of sp³-hybridized carbons (Fsp3) is 0.556. The molecule has 0 aromatic heterocycles. The Morgan fingerprint density at radius 1 is 1.09 bits per heavy atom. The van der Waals surface area contributed by atoms with Crippen molar-refractivity contribution >= 4 is 17.5 Å². The van der Waals surface area contributed by atoms with Gasteiger partial charge >= 0.3 is 0 Å². The van der Waals surface area contributed by atoms with E-state index in [-0.39, 0.29) is 17.9 Å². The average molecular weight is 304 g/mol. The van der Waals surface area contributed by atoms with E-state index in [9.17, 15) is 9.59 Å². The highest BCUT2D eigenvalue weighted by Crippen LogP contribution is 2.25. The number of anilines is 1. The van der Waals surface area contributed by atoms with Crippen LogP contribution in [0, 0.1) is 26.2 Å². The zero-order valence-electron chi connectivity index (χ0n) is 14.8. The first kappa shape index (κ1) is 18.2. The Bertz CT molecular complexity index is 553. The van der Waals surface area contributed by atoms with Gasteiger partial charge in [-0.3, -0.25) is 9.59 Å². The number of aryl methyl sites for hydroxylation is 3. The van der Waals surface area contributed by atoms with Crippen LogP contribution in [0.15, 0.2) is 12.1 Å². The van der Waals surface area contributed by atoms with E-state index in [1.165, 1.54) is 0 Å². The Labute approximate surface area is 133 Å². The molecule has 1 aromatic rings. The molecule has 22 heavy (non-hydrogen) atoms. The van der Waals surface area contributed by atoms with Gasteiger partial charge in [-0.25, -0.2) is 0 Å². The summed E-state index contributed by atoms with van der Waals surface area (Å²) < 4.78 is 0. The summed E-state index contributed by atoms with van der Waals surface area (Å²) >= 11 is 0. The van der Waals surface area contributed by atoms with Gasteiger partial charge in [-0.2, -0.15) is 0 Å². The predicted molar refractivity (Wildman–Crippen MR) is 91.0 cm³/mol. The molecule has 122 valence electrons. The number of amides is 2. The first-order valence-electron chi connectivity index (χ1n) is 7.79. The number of carbonyl (C=O) groups is 2. The van der Waals surface area contributed by atoms with Crippen molar-refractivity contribution in [1.82, 2.24) is 5.32 Å². The van der Waals surface area contributed by atoms with Crippen molar-refractivity contribution in [2.24, 2.45) is 5.41 Å². The second kappa shape index (κ2) is 6.95. The minimum Gasteiger partial charge on any atom is -0.353 e. The minimum absolute atomic E-state index is 0.0578. The van der Waals surface area contributed by atoms with Crippen molar-refractivity contribution in [1.29, 1.82) is 0 Å². The molecule has 0 fully saturated rings. The Hall–Kier alpha value is -1.84. The van der Waals surface area contributed by atoms with Gasteiger partial charge < -0.3 is 10.6 Å². The molecule has 0 bridgehead atoms. The first-order chi connectivity index (χ1) is 10.1. The van der Waals surface area contributed by atoms with Crippen molar-refractivity contribution in [2.75, 3.05) is 5.32 Å². The zero-order valence-corrected chi connectivity index (χ0v) is 14.8. The molecule has 0 aliphatic rings. The second-order valence-electron chi connectivity index (χ2n) is 6.64. The molecular formula is C18H28N2O2. The molecule has 0 saturated carbocycles. The zero-order chi connectivity index (χ0) is 17.1. The van der Waals surface area contributed by atoms with Crippen LogP contribution in [0.1, 0.15) is 50.8 Å². The van der Waals surface area contributed by atoms with Crippen LogP contribution in [0.25, 0.3) is 0 Å². The third kappa shape index (κ3) is 4.09. The lowest BCUT2D eigenvalue weighted by atomic mass is 9.90. The van der Waals surface area contributed by atoms with E-state index in [1.54, 1.807) is 13.8 Å². The maximum absolute atomic E-state index is 12.6. The Morgan fingerprint density at radius 3 is 2.05 bits per heavy atom. The van der Waals surface area contributed by atoms with E-state index < -0.39 is 5.41 Å². The maximum atomic E-state index is 12.6. The summed E-state index contributed by atoms with van der Waals surface area (Å²) in [6.07, 6.45) is 0.833. The van der Waals surface area contributed by atoms with Crippen LogP contribution < -0.4 is 10.6 Å². The van der Waals surface area contributed by atoms with Gasteiger partial charge in [0.05, 0.1) is 0 Å². The number of nitrogens with one attached hydrogen (secondary N) is 2. The molecule has 1 rings (SSSR count). The summed E-state index contributed by atoms with van der Waals surface area (Å²) in [4.78, 5) is 24.9. The number of benzene rings is 1. The molecule has 1 unspecified atom stereocenters. The molecule has 1 aromatic carbocycles. The Balaban J connectivity index is 2.94. The fourth-order valence-corrected chi connectivity index (χ4v) is 2.26. The van der Waals surface area contributed by atoms with Gasteiger partial charge in [-0.05, 0) is 59.1 Å². The monoisotopic (exact) mass is 304 g/mol. The minimum atomic E-state index is -1.12. The average Bonchev–Trinajstić information content (AvgIpc) is 2.41. The molecule has 0 radical (unpaired) electrons. The molecule has 4 heteroatoms. The molecule has 0 aliphatic heterocycles. The summed E-state index contributed by atoms with van der Waals surface area (Å²) in [6, 6.07) is 4.10. The van der Waals surface area contributed by atoms with Crippen LogP contribution in [-0.4, -0.2) is 17.9 Å². The highest BCUT2D eigenvalue weighted by atomic mass is 16.2. The largest absolute Gasteiger partial charge is 0.353 e. The lowest BCUT2D eigenvalue weighted by Gasteiger charge is -2.25. The van der Waals surface area contributed by atoms with Gasteiger partial charge in [0.25, 0.3) is 0 Å². The van der Waals surface area contributed by atoms with Crippen molar-refractivity contribution in [3.05, 3.63) is 28.8 Å². The molecule has 0 spiro atoms. The third-order valence-corrected chi connectivity index (χ3v) is 4.04. The smallest absolute Gasteiger partial charge is 0.239 e. The molecule has 2 amide bonds. The van der Waals surface area contributed by atoms with Gasteiger partial charge in [-0.1, -0.05) is 24.6 Å².